The van der Waals surface area contributed by atoms with Gasteiger partial charge in [0, 0.05) is 12.6 Å². The Morgan fingerprint density at radius 2 is 2.23 bits per heavy atom. The topological polar surface area (TPSA) is 21.3 Å². The lowest BCUT2D eigenvalue weighted by atomic mass is 10.1. The molecule has 0 aromatic rings. The van der Waals surface area contributed by atoms with Crippen LogP contribution in [-0.4, -0.2) is 24.8 Å². The molecule has 0 spiro atoms. The molecule has 2 nitrogen and oxygen atoms in total. The Balaban J connectivity index is 2.12. The van der Waals surface area contributed by atoms with E-state index in [1.165, 1.54) is 25.7 Å². The molecule has 0 saturated carbocycles. The van der Waals surface area contributed by atoms with Crippen molar-refractivity contribution in [3.63, 3.8) is 0 Å². The fourth-order valence-electron chi connectivity index (χ4n) is 1.94. The van der Waals surface area contributed by atoms with Gasteiger partial charge in [0.25, 0.3) is 0 Å². The molecule has 0 amide bonds. The molecule has 0 aliphatic carbocycles. The van der Waals surface area contributed by atoms with Crippen molar-refractivity contribution in [3.8, 4) is 0 Å². The zero-order valence-corrected chi connectivity index (χ0v) is 9.18. The molecule has 13 heavy (non-hydrogen) atoms. The van der Waals surface area contributed by atoms with Gasteiger partial charge in [0.1, 0.15) is 0 Å². The van der Waals surface area contributed by atoms with Crippen LogP contribution in [0, 0.1) is 0 Å². The summed E-state index contributed by atoms with van der Waals surface area (Å²) < 4.78 is 5.76. The van der Waals surface area contributed by atoms with E-state index < -0.39 is 0 Å². The standard InChI is InChI=1S/C11H23NO/c1-4-5-6-10-7-11(8-12-10)13-9(2)3/h9-12H,4-8H2,1-3H3/t10-,11+/m0/s1. The largest absolute Gasteiger partial charge is 0.374 e. The fourth-order valence-corrected chi connectivity index (χ4v) is 1.94. The first-order valence-corrected chi connectivity index (χ1v) is 5.61. The average Bonchev–Trinajstić information content (AvgIpc) is 2.48. The molecular formula is C11H23NO. The minimum atomic E-state index is 0.372. The van der Waals surface area contributed by atoms with Crippen LogP contribution in [0.2, 0.25) is 0 Å². The Hall–Kier alpha value is -0.0800. The van der Waals surface area contributed by atoms with Gasteiger partial charge in [-0.1, -0.05) is 19.8 Å². The van der Waals surface area contributed by atoms with E-state index in [0.717, 1.165) is 6.54 Å². The maximum atomic E-state index is 5.76. The highest BCUT2D eigenvalue weighted by molar-refractivity contribution is 4.82. The maximum absolute atomic E-state index is 5.76. The van der Waals surface area contributed by atoms with Crippen molar-refractivity contribution in [2.45, 2.75) is 64.7 Å². The van der Waals surface area contributed by atoms with Gasteiger partial charge in [0.05, 0.1) is 12.2 Å². The summed E-state index contributed by atoms with van der Waals surface area (Å²) in [6.45, 7) is 7.52. The van der Waals surface area contributed by atoms with Crippen molar-refractivity contribution in [1.29, 1.82) is 0 Å². The minimum Gasteiger partial charge on any atom is -0.374 e. The van der Waals surface area contributed by atoms with Gasteiger partial charge >= 0.3 is 0 Å². The first kappa shape index (κ1) is 11.0. The van der Waals surface area contributed by atoms with Crippen LogP contribution in [0.15, 0.2) is 0 Å². The summed E-state index contributed by atoms with van der Waals surface area (Å²) in [7, 11) is 0. The van der Waals surface area contributed by atoms with Crippen LogP contribution in [0.3, 0.4) is 0 Å². The van der Waals surface area contributed by atoms with Crippen molar-refractivity contribution in [1.82, 2.24) is 5.32 Å². The summed E-state index contributed by atoms with van der Waals surface area (Å²) in [5, 5.41) is 3.52. The second-order valence-electron chi connectivity index (χ2n) is 4.29. The predicted octanol–water partition coefficient (Wildman–Crippen LogP) is 2.33. The Kier molecular flexibility index (Phi) is 4.74. The van der Waals surface area contributed by atoms with Crippen molar-refractivity contribution < 1.29 is 4.74 Å². The smallest absolute Gasteiger partial charge is 0.0717 e. The van der Waals surface area contributed by atoms with Crippen molar-refractivity contribution >= 4 is 0 Å². The molecule has 1 fully saturated rings. The predicted molar refractivity (Wildman–Crippen MR) is 55.9 cm³/mol. The lowest BCUT2D eigenvalue weighted by Crippen LogP contribution is -2.22. The lowest BCUT2D eigenvalue weighted by Gasteiger charge is -2.14. The van der Waals surface area contributed by atoms with Crippen LogP contribution < -0.4 is 5.32 Å². The molecule has 2 heteroatoms. The molecule has 1 saturated heterocycles. The fraction of sp³-hybridized carbons (Fsp3) is 1.00. The van der Waals surface area contributed by atoms with Crippen molar-refractivity contribution in [3.05, 3.63) is 0 Å². The SMILES string of the molecule is CCCC[C@H]1C[C@@H](OC(C)C)CN1. The summed E-state index contributed by atoms with van der Waals surface area (Å²) in [4.78, 5) is 0. The van der Waals surface area contributed by atoms with Crippen LogP contribution in [-0.2, 0) is 4.74 Å². The molecule has 0 radical (unpaired) electrons. The van der Waals surface area contributed by atoms with Crippen LogP contribution in [0.4, 0.5) is 0 Å². The number of nitrogens with one attached hydrogen (secondary N) is 1. The number of rotatable bonds is 5. The van der Waals surface area contributed by atoms with Crippen molar-refractivity contribution in [2.75, 3.05) is 6.54 Å². The third-order valence-electron chi connectivity index (χ3n) is 2.55. The third-order valence-corrected chi connectivity index (χ3v) is 2.55. The molecule has 1 aliphatic rings. The van der Waals surface area contributed by atoms with Crippen LogP contribution in [0.25, 0.3) is 0 Å². The summed E-state index contributed by atoms with van der Waals surface area (Å²) in [5.41, 5.74) is 0. The summed E-state index contributed by atoms with van der Waals surface area (Å²) in [6, 6.07) is 0.712. The van der Waals surface area contributed by atoms with Gasteiger partial charge in [-0.05, 0) is 26.7 Å². The zero-order chi connectivity index (χ0) is 9.68. The van der Waals surface area contributed by atoms with E-state index in [4.69, 9.17) is 4.74 Å². The van der Waals surface area contributed by atoms with Crippen molar-refractivity contribution in [2.24, 2.45) is 0 Å². The van der Waals surface area contributed by atoms with Gasteiger partial charge in [-0.15, -0.1) is 0 Å². The highest BCUT2D eigenvalue weighted by Gasteiger charge is 2.24. The quantitative estimate of drug-likeness (QED) is 0.710. The summed E-state index contributed by atoms with van der Waals surface area (Å²) >= 11 is 0. The van der Waals surface area contributed by atoms with Crippen LogP contribution in [0.1, 0.15) is 46.5 Å². The molecule has 1 rings (SSSR count). The van der Waals surface area contributed by atoms with E-state index in [9.17, 15) is 0 Å². The van der Waals surface area contributed by atoms with E-state index in [2.05, 4.69) is 26.1 Å². The first-order valence-electron chi connectivity index (χ1n) is 5.61. The monoisotopic (exact) mass is 185 g/mol. The molecule has 1 heterocycles. The summed E-state index contributed by atoms with van der Waals surface area (Å²) in [5.74, 6) is 0. The van der Waals surface area contributed by atoms with Gasteiger partial charge in [-0.25, -0.2) is 0 Å². The third kappa shape index (κ3) is 4.10. The van der Waals surface area contributed by atoms with Gasteiger partial charge in [0.15, 0.2) is 0 Å². The van der Waals surface area contributed by atoms with Crippen LogP contribution in [0.5, 0.6) is 0 Å². The summed E-state index contributed by atoms with van der Waals surface area (Å²) in [6.07, 6.45) is 5.99. The molecule has 0 bridgehead atoms. The normalized spacial score (nSPS) is 28.6. The molecule has 1 N–H and O–H groups in total. The number of unbranched alkanes of at least 4 members (excludes halogenated alkanes) is 1. The lowest BCUT2D eigenvalue weighted by molar-refractivity contribution is 0.0186. The highest BCUT2D eigenvalue weighted by Crippen LogP contribution is 2.16. The molecule has 0 unspecified atom stereocenters. The number of hydrogen-bond acceptors (Lipinski definition) is 2. The van der Waals surface area contributed by atoms with E-state index in [-0.39, 0.29) is 0 Å². The molecular weight excluding hydrogens is 162 g/mol. The van der Waals surface area contributed by atoms with E-state index in [1.54, 1.807) is 0 Å². The Labute approximate surface area is 82.0 Å². The first-order chi connectivity index (χ1) is 6.22. The molecule has 1 aliphatic heterocycles. The number of hydrogen-bond donors (Lipinski definition) is 1. The van der Waals surface area contributed by atoms with Gasteiger partial charge in [-0.2, -0.15) is 0 Å². The van der Waals surface area contributed by atoms with Gasteiger partial charge in [0.2, 0.25) is 0 Å². The van der Waals surface area contributed by atoms with E-state index in [0.29, 0.717) is 18.2 Å². The maximum Gasteiger partial charge on any atom is 0.0717 e. The van der Waals surface area contributed by atoms with Gasteiger partial charge < -0.3 is 10.1 Å². The van der Waals surface area contributed by atoms with E-state index in [1.807, 2.05) is 0 Å². The Morgan fingerprint density at radius 3 is 2.85 bits per heavy atom. The molecule has 2 atom stereocenters. The number of ether oxygens (including phenoxy) is 1. The highest BCUT2D eigenvalue weighted by atomic mass is 16.5. The molecule has 0 aromatic carbocycles. The van der Waals surface area contributed by atoms with E-state index >= 15 is 0 Å². The second-order valence-corrected chi connectivity index (χ2v) is 4.29. The van der Waals surface area contributed by atoms with Crippen LogP contribution >= 0.6 is 0 Å². The molecule has 0 aromatic heterocycles. The average molecular weight is 185 g/mol. The Morgan fingerprint density at radius 1 is 1.46 bits per heavy atom. The molecule has 78 valence electrons. The minimum absolute atomic E-state index is 0.372. The second kappa shape index (κ2) is 5.61. The van der Waals surface area contributed by atoms with Gasteiger partial charge in [-0.3, -0.25) is 0 Å². The Bertz CT molecular complexity index is 136. The zero-order valence-electron chi connectivity index (χ0n) is 9.18.